The molecule has 7 heteroatoms. The Morgan fingerprint density at radius 3 is 2.61 bits per heavy atom. The van der Waals surface area contributed by atoms with Gasteiger partial charge in [-0.2, -0.15) is 0 Å². The number of nitrogens with two attached hydrogens (primary N) is 1. The summed E-state index contributed by atoms with van der Waals surface area (Å²) in [6, 6.07) is 1.11. The molecule has 0 saturated carbocycles. The van der Waals surface area contributed by atoms with E-state index in [0.717, 1.165) is 6.07 Å². The predicted molar refractivity (Wildman–Crippen MR) is 61.1 cm³/mol. The minimum absolute atomic E-state index is 0.0619. The molecule has 0 aliphatic carbocycles. The average molecular weight is 254 g/mol. The highest BCUT2D eigenvalue weighted by molar-refractivity contribution is 5.81. The summed E-state index contributed by atoms with van der Waals surface area (Å²) in [5, 5.41) is 13.0. The Morgan fingerprint density at radius 1 is 1.39 bits per heavy atom. The maximum absolute atomic E-state index is 14.0. The number of benzene rings is 1. The quantitative estimate of drug-likeness (QED) is 0.867. The fraction of sp³-hybridized carbons (Fsp3) is 0.182. The molecule has 1 aromatic heterocycles. The standard InChI is InChI=1S/C11H11FN2O4/c1-16-7-3-6(15)9(12)8(10(7)17-2)5-4-14-18-11(5)13/h3-4,15H,13H2,1-2H3. The monoisotopic (exact) mass is 254 g/mol. The second kappa shape index (κ2) is 4.44. The first-order valence-corrected chi connectivity index (χ1v) is 4.94. The van der Waals surface area contributed by atoms with Crippen LogP contribution in [0.3, 0.4) is 0 Å². The van der Waals surface area contributed by atoms with Gasteiger partial charge in [-0.15, -0.1) is 0 Å². The van der Waals surface area contributed by atoms with E-state index in [1.54, 1.807) is 0 Å². The maximum atomic E-state index is 14.0. The van der Waals surface area contributed by atoms with Gasteiger partial charge in [0.05, 0.1) is 31.5 Å². The van der Waals surface area contributed by atoms with Crippen molar-refractivity contribution in [2.24, 2.45) is 0 Å². The molecule has 0 radical (unpaired) electrons. The molecular formula is C11H11FN2O4. The predicted octanol–water partition coefficient (Wildman–Crippen LogP) is 1.79. The SMILES string of the molecule is COc1cc(O)c(F)c(-c2cnoc2N)c1OC. The van der Waals surface area contributed by atoms with Gasteiger partial charge in [0.25, 0.3) is 0 Å². The Kier molecular flexibility index (Phi) is 2.97. The number of phenols is 1. The summed E-state index contributed by atoms with van der Waals surface area (Å²) in [6.45, 7) is 0. The molecule has 0 unspecified atom stereocenters. The van der Waals surface area contributed by atoms with E-state index in [9.17, 15) is 9.50 Å². The average Bonchev–Trinajstić information content (AvgIpc) is 2.78. The first-order chi connectivity index (χ1) is 8.60. The van der Waals surface area contributed by atoms with E-state index in [2.05, 4.69) is 9.68 Å². The van der Waals surface area contributed by atoms with Gasteiger partial charge in [-0.05, 0) is 0 Å². The molecule has 0 bridgehead atoms. The van der Waals surface area contributed by atoms with E-state index in [-0.39, 0.29) is 28.5 Å². The van der Waals surface area contributed by atoms with E-state index in [0.29, 0.717) is 0 Å². The van der Waals surface area contributed by atoms with Crippen LogP contribution in [-0.2, 0) is 0 Å². The number of rotatable bonds is 3. The Morgan fingerprint density at radius 2 is 2.11 bits per heavy atom. The fourth-order valence-electron chi connectivity index (χ4n) is 1.64. The molecule has 0 amide bonds. The number of phenolic OH excluding ortho intramolecular Hbond substituents is 1. The summed E-state index contributed by atoms with van der Waals surface area (Å²) in [5.41, 5.74) is 5.65. The van der Waals surface area contributed by atoms with E-state index >= 15 is 0 Å². The third kappa shape index (κ3) is 1.69. The topological polar surface area (TPSA) is 90.7 Å². The van der Waals surface area contributed by atoms with Crippen molar-refractivity contribution in [1.29, 1.82) is 0 Å². The third-order valence-electron chi connectivity index (χ3n) is 2.45. The number of aromatic hydroxyl groups is 1. The van der Waals surface area contributed by atoms with Crippen LogP contribution in [0.2, 0.25) is 0 Å². The van der Waals surface area contributed by atoms with Crippen LogP contribution >= 0.6 is 0 Å². The molecule has 96 valence electrons. The fourth-order valence-corrected chi connectivity index (χ4v) is 1.64. The number of nitrogens with zero attached hydrogens (tertiary/aromatic N) is 1. The molecule has 18 heavy (non-hydrogen) atoms. The number of methoxy groups -OCH3 is 2. The number of nitrogen functional groups attached to an aromatic ring is 1. The summed E-state index contributed by atoms with van der Waals surface area (Å²) >= 11 is 0. The maximum Gasteiger partial charge on any atom is 0.230 e. The van der Waals surface area contributed by atoms with E-state index in [4.69, 9.17) is 15.2 Å². The zero-order valence-corrected chi connectivity index (χ0v) is 9.73. The van der Waals surface area contributed by atoms with Crippen molar-refractivity contribution in [1.82, 2.24) is 5.16 Å². The van der Waals surface area contributed by atoms with Crippen LogP contribution in [0.1, 0.15) is 0 Å². The molecule has 0 atom stereocenters. The summed E-state index contributed by atoms with van der Waals surface area (Å²) in [5.74, 6) is -1.28. The van der Waals surface area contributed by atoms with Crippen LogP contribution in [0.25, 0.3) is 11.1 Å². The molecule has 1 heterocycles. The van der Waals surface area contributed by atoms with Crippen LogP contribution in [-0.4, -0.2) is 24.5 Å². The molecular weight excluding hydrogens is 243 g/mol. The molecule has 0 aliphatic rings. The lowest BCUT2D eigenvalue weighted by atomic mass is 10.1. The highest BCUT2D eigenvalue weighted by Crippen LogP contribution is 2.45. The lowest BCUT2D eigenvalue weighted by Crippen LogP contribution is -1.97. The van der Waals surface area contributed by atoms with Crippen molar-refractivity contribution in [3.63, 3.8) is 0 Å². The molecule has 3 N–H and O–H groups in total. The van der Waals surface area contributed by atoms with E-state index in [1.165, 1.54) is 20.4 Å². The van der Waals surface area contributed by atoms with Crippen molar-refractivity contribution >= 4 is 5.88 Å². The zero-order chi connectivity index (χ0) is 13.3. The second-order valence-electron chi connectivity index (χ2n) is 3.42. The first kappa shape index (κ1) is 12.0. The van der Waals surface area contributed by atoms with Crippen molar-refractivity contribution in [2.75, 3.05) is 20.0 Å². The van der Waals surface area contributed by atoms with Gasteiger partial charge in [0.15, 0.2) is 23.1 Å². The van der Waals surface area contributed by atoms with Gasteiger partial charge in [-0.1, -0.05) is 5.16 Å². The Bertz CT molecular complexity index is 583. The first-order valence-electron chi connectivity index (χ1n) is 4.94. The van der Waals surface area contributed by atoms with Crippen molar-refractivity contribution < 1.29 is 23.5 Å². The highest BCUT2D eigenvalue weighted by atomic mass is 19.1. The molecule has 0 fully saturated rings. The van der Waals surface area contributed by atoms with E-state index < -0.39 is 11.6 Å². The van der Waals surface area contributed by atoms with Gasteiger partial charge in [-0.3, -0.25) is 0 Å². The van der Waals surface area contributed by atoms with Crippen LogP contribution in [0.4, 0.5) is 10.3 Å². The summed E-state index contributed by atoms with van der Waals surface area (Å²) < 4.78 is 28.8. The number of hydrogen-bond acceptors (Lipinski definition) is 6. The number of aromatic nitrogens is 1. The largest absolute Gasteiger partial charge is 0.505 e. The molecule has 0 saturated heterocycles. The molecule has 2 aromatic rings. The van der Waals surface area contributed by atoms with Gasteiger partial charge in [0.2, 0.25) is 5.88 Å². The molecule has 1 aromatic carbocycles. The molecule has 0 spiro atoms. The van der Waals surface area contributed by atoms with Crippen LogP contribution in [0.15, 0.2) is 16.8 Å². The number of hydrogen-bond donors (Lipinski definition) is 2. The second-order valence-corrected chi connectivity index (χ2v) is 3.42. The Hall–Kier alpha value is -2.44. The highest BCUT2D eigenvalue weighted by Gasteiger charge is 2.24. The zero-order valence-electron chi connectivity index (χ0n) is 9.73. The number of anilines is 1. The molecule has 2 rings (SSSR count). The third-order valence-corrected chi connectivity index (χ3v) is 2.45. The van der Waals surface area contributed by atoms with Crippen molar-refractivity contribution in [3.8, 4) is 28.4 Å². The van der Waals surface area contributed by atoms with Crippen molar-refractivity contribution in [2.45, 2.75) is 0 Å². The normalized spacial score (nSPS) is 10.4. The smallest absolute Gasteiger partial charge is 0.230 e. The lowest BCUT2D eigenvalue weighted by molar-refractivity contribution is 0.347. The van der Waals surface area contributed by atoms with Crippen molar-refractivity contribution in [3.05, 3.63) is 18.1 Å². The lowest BCUT2D eigenvalue weighted by Gasteiger charge is -2.13. The van der Waals surface area contributed by atoms with Gasteiger partial charge >= 0.3 is 0 Å². The van der Waals surface area contributed by atoms with Gasteiger partial charge < -0.3 is 24.8 Å². The minimum Gasteiger partial charge on any atom is -0.505 e. The Labute approximate surface area is 102 Å². The summed E-state index contributed by atoms with van der Waals surface area (Å²) in [7, 11) is 2.72. The molecule has 0 aliphatic heterocycles. The molecule has 6 nitrogen and oxygen atoms in total. The number of ether oxygens (including phenoxy) is 2. The summed E-state index contributed by atoms with van der Waals surface area (Å²) in [4.78, 5) is 0. The van der Waals surface area contributed by atoms with Gasteiger partial charge in [-0.25, -0.2) is 4.39 Å². The van der Waals surface area contributed by atoms with Crippen LogP contribution in [0.5, 0.6) is 17.2 Å². The summed E-state index contributed by atoms with van der Waals surface area (Å²) in [6.07, 6.45) is 1.23. The number of halogens is 1. The Balaban J connectivity index is 2.79. The van der Waals surface area contributed by atoms with Gasteiger partial charge in [0.1, 0.15) is 0 Å². The van der Waals surface area contributed by atoms with Gasteiger partial charge in [0, 0.05) is 6.07 Å². The van der Waals surface area contributed by atoms with E-state index in [1.807, 2.05) is 0 Å². The van der Waals surface area contributed by atoms with Crippen LogP contribution < -0.4 is 15.2 Å². The van der Waals surface area contributed by atoms with Crippen LogP contribution in [0, 0.1) is 5.82 Å². The minimum atomic E-state index is -0.887.